The van der Waals surface area contributed by atoms with Crippen LogP contribution in [0.2, 0.25) is 0 Å². The third kappa shape index (κ3) is 4.89. The van der Waals surface area contributed by atoms with E-state index in [9.17, 15) is 4.79 Å². The van der Waals surface area contributed by atoms with E-state index in [1.54, 1.807) is 0 Å². The molecule has 1 aliphatic heterocycles. The molecule has 1 saturated heterocycles. The summed E-state index contributed by atoms with van der Waals surface area (Å²) in [5, 5.41) is 1.89. The molecule has 0 unspecified atom stereocenters. The summed E-state index contributed by atoms with van der Waals surface area (Å²) >= 11 is 0. The summed E-state index contributed by atoms with van der Waals surface area (Å²) in [6, 6.07) is 5.62. The second kappa shape index (κ2) is 8.60. The number of morpholine rings is 1. The minimum atomic E-state index is -0.0338. The zero-order valence-electron chi connectivity index (χ0n) is 13.3. The lowest BCUT2D eigenvalue weighted by molar-refractivity contribution is -0.127. The molecule has 0 bridgehead atoms. The van der Waals surface area contributed by atoms with Gasteiger partial charge in [-0.05, 0) is 31.5 Å². The Morgan fingerprint density at radius 3 is 2.55 bits per heavy atom. The van der Waals surface area contributed by atoms with Gasteiger partial charge in [0.05, 0.1) is 32.8 Å². The standard InChI is InChI=1S/C16H24N2O4/c1-3-21-14-6-5-13(11-15(14)22-4-2)12-16(19)17-18-7-9-20-10-8-18/h5-6,11H,3-4,7-10,12H2,1-2H3,(H,17,19). The molecule has 6 nitrogen and oxygen atoms in total. The highest BCUT2D eigenvalue weighted by molar-refractivity contribution is 5.78. The van der Waals surface area contributed by atoms with E-state index in [-0.39, 0.29) is 5.91 Å². The molecule has 0 aromatic heterocycles. The molecule has 1 heterocycles. The van der Waals surface area contributed by atoms with Gasteiger partial charge in [-0.3, -0.25) is 10.2 Å². The second-order valence-electron chi connectivity index (χ2n) is 4.96. The van der Waals surface area contributed by atoms with E-state index in [1.807, 2.05) is 37.1 Å². The lowest BCUT2D eigenvalue weighted by atomic mass is 10.1. The van der Waals surface area contributed by atoms with Gasteiger partial charge in [0, 0.05) is 13.1 Å². The molecule has 1 fully saturated rings. The van der Waals surface area contributed by atoms with Crippen molar-refractivity contribution in [2.75, 3.05) is 39.5 Å². The molecule has 0 spiro atoms. The first kappa shape index (κ1) is 16.6. The number of carbonyl (C=O) groups is 1. The Labute approximate surface area is 131 Å². The van der Waals surface area contributed by atoms with Crippen LogP contribution < -0.4 is 14.9 Å². The van der Waals surface area contributed by atoms with Crippen molar-refractivity contribution in [3.63, 3.8) is 0 Å². The van der Waals surface area contributed by atoms with Crippen LogP contribution in [0.1, 0.15) is 19.4 Å². The molecule has 122 valence electrons. The Balaban J connectivity index is 1.95. The molecule has 0 radical (unpaired) electrons. The summed E-state index contributed by atoms with van der Waals surface area (Å²) < 4.78 is 16.4. The van der Waals surface area contributed by atoms with Crippen molar-refractivity contribution < 1.29 is 19.0 Å². The number of rotatable bonds is 7. The molecular weight excluding hydrogens is 284 g/mol. The molecule has 1 N–H and O–H groups in total. The Morgan fingerprint density at radius 1 is 1.18 bits per heavy atom. The topological polar surface area (TPSA) is 60.0 Å². The van der Waals surface area contributed by atoms with Gasteiger partial charge in [-0.1, -0.05) is 6.07 Å². The summed E-state index contributed by atoms with van der Waals surface area (Å²) in [6.07, 6.45) is 0.309. The lowest BCUT2D eigenvalue weighted by Crippen LogP contribution is -2.48. The molecule has 1 aromatic carbocycles. The van der Waals surface area contributed by atoms with Crippen LogP contribution >= 0.6 is 0 Å². The molecule has 1 amide bonds. The predicted octanol–water partition coefficient (Wildman–Crippen LogP) is 1.39. The highest BCUT2D eigenvalue weighted by Gasteiger charge is 2.14. The first-order chi connectivity index (χ1) is 10.7. The van der Waals surface area contributed by atoms with Crippen molar-refractivity contribution in [1.29, 1.82) is 0 Å². The molecular formula is C16H24N2O4. The van der Waals surface area contributed by atoms with Crippen LogP contribution in [0.4, 0.5) is 0 Å². The predicted molar refractivity (Wildman–Crippen MR) is 83.0 cm³/mol. The average molecular weight is 308 g/mol. The molecule has 6 heteroatoms. The molecule has 2 rings (SSSR count). The van der Waals surface area contributed by atoms with E-state index < -0.39 is 0 Å². The van der Waals surface area contributed by atoms with E-state index >= 15 is 0 Å². The van der Waals surface area contributed by atoms with Gasteiger partial charge in [0.25, 0.3) is 0 Å². The van der Waals surface area contributed by atoms with Gasteiger partial charge in [0.2, 0.25) is 5.91 Å². The maximum absolute atomic E-state index is 12.1. The normalized spacial score (nSPS) is 15.4. The molecule has 1 aliphatic rings. The van der Waals surface area contributed by atoms with E-state index in [0.717, 1.165) is 18.7 Å². The Morgan fingerprint density at radius 2 is 1.86 bits per heavy atom. The SMILES string of the molecule is CCOc1ccc(CC(=O)NN2CCOCC2)cc1OCC. The fraction of sp³-hybridized carbons (Fsp3) is 0.562. The zero-order valence-corrected chi connectivity index (χ0v) is 13.3. The largest absolute Gasteiger partial charge is 0.490 e. The van der Waals surface area contributed by atoms with Gasteiger partial charge >= 0.3 is 0 Å². The highest BCUT2D eigenvalue weighted by Crippen LogP contribution is 2.28. The average Bonchev–Trinajstić information content (AvgIpc) is 2.51. The van der Waals surface area contributed by atoms with Crippen LogP contribution in [0.5, 0.6) is 11.5 Å². The van der Waals surface area contributed by atoms with E-state index in [4.69, 9.17) is 14.2 Å². The van der Waals surface area contributed by atoms with Gasteiger partial charge in [0.1, 0.15) is 0 Å². The quantitative estimate of drug-likeness (QED) is 0.825. The Kier molecular flexibility index (Phi) is 6.48. The van der Waals surface area contributed by atoms with E-state index in [2.05, 4.69) is 5.43 Å². The number of amides is 1. The summed E-state index contributed by atoms with van der Waals surface area (Å²) in [6.45, 7) is 7.74. The maximum atomic E-state index is 12.1. The van der Waals surface area contributed by atoms with Crippen molar-refractivity contribution in [2.45, 2.75) is 20.3 Å². The van der Waals surface area contributed by atoms with Crippen LogP contribution in [0.3, 0.4) is 0 Å². The van der Waals surface area contributed by atoms with Gasteiger partial charge < -0.3 is 14.2 Å². The van der Waals surface area contributed by atoms with Crippen LogP contribution in [0.25, 0.3) is 0 Å². The van der Waals surface area contributed by atoms with Crippen molar-refractivity contribution >= 4 is 5.91 Å². The summed E-state index contributed by atoms with van der Waals surface area (Å²) in [5.74, 6) is 1.36. The van der Waals surface area contributed by atoms with Crippen LogP contribution in [0, 0.1) is 0 Å². The Bertz CT molecular complexity index is 487. The molecule has 0 atom stereocenters. The molecule has 0 aliphatic carbocycles. The smallest absolute Gasteiger partial charge is 0.238 e. The van der Waals surface area contributed by atoms with Crippen molar-refractivity contribution in [1.82, 2.24) is 10.4 Å². The minimum Gasteiger partial charge on any atom is -0.490 e. The number of ether oxygens (including phenoxy) is 3. The first-order valence-electron chi connectivity index (χ1n) is 7.73. The van der Waals surface area contributed by atoms with E-state index in [1.165, 1.54) is 0 Å². The van der Waals surface area contributed by atoms with Crippen molar-refractivity contribution in [3.8, 4) is 11.5 Å². The highest BCUT2D eigenvalue weighted by atomic mass is 16.5. The number of nitrogens with zero attached hydrogens (tertiary/aromatic N) is 1. The van der Waals surface area contributed by atoms with Crippen LogP contribution in [-0.2, 0) is 16.0 Å². The van der Waals surface area contributed by atoms with Crippen LogP contribution in [-0.4, -0.2) is 50.4 Å². The maximum Gasteiger partial charge on any atom is 0.238 e. The third-order valence-corrected chi connectivity index (χ3v) is 3.27. The van der Waals surface area contributed by atoms with Crippen molar-refractivity contribution in [3.05, 3.63) is 23.8 Å². The number of hydrogen-bond acceptors (Lipinski definition) is 5. The summed E-state index contributed by atoms with van der Waals surface area (Å²) in [5.41, 5.74) is 3.80. The fourth-order valence-electron chi connectivity index (χ4n) is 2.28. The van der Waals surface area contributed by atoms with E-state index in [0.29, 0.717) is 44.3 Å². The van der Waals surface area contributed by atoms with Crippen molar-refractivity contribution in [2.24, 2.45) is 0 Å². The molecule has 0 saturated carbocycles. The second-order valence-corrected chi connectivity index (χ2v) is 4.96. The number of nitrogens with one attached hydrogen (secondary N) is 1. The third-order valence-electron chi connectivity index (χ3n) is 3.27. The zero-order chi connectivity index (χ0) is 15.8. The number of carbonyl (C=O) groups excluding carboxylic acids is 1. The first-order valence-corrected chi connectivity index (χ1v) is 7.73. The lowest BCUT2D eigenvalue weighted by Gasteiger charge is -2.26. The monoisotopic (exact) mass is 308 g/mol. The van der Waals surface area contributed by atoms with Gasteiger partial charge in [-0.2, -0.15) is 0 Å². The summed E-state index contributed by atoms with van der Waals surface area (Å²) in [4.78, 5) is 12.1. The molecule has 1 aromatic rings. The number of benzene rings is 1. The minimum absolute atomic E-state index is 0.0338. The van der Waals surface area contributed by atoms with Crippen LogP contribution in [0.15, 0.2) is 18.2 Å². The number of hydrogen-bond donors (Lipinski definition) is 1. The Hall–Kier alpha value is -1.79. The summed E-state index contributed by atoms with van der Waals surface area (Å²) in [7, 11) is 0. The molecule has 22 heavy (non-hydrogen) atoms. The van der Waals surface area contributed by atoms with Gasteiger partial charge in [0.15, 0.2) is 11.5 Å². The fourth-order valence-corrected chi connectivity index (χ4v) is 2.28. The number of hydrazine groups is 1. The van der Waals surface area contributed by atoms with Gasteiger partial charge in [-0.15, -0.1) is 0 Å². The van der Waals surface area contributed by atoms with Gasteiger partial charge in [-0.25, -0.2) is 5.01 Å².